The predicted octanol–water partition coefficient (Wildman–Crippen LogP) is 3.61. The largest absolute Gasteiger partial charge is 0.381 e. The van der Waals surface area contributed by atoms with Crippen LogP contribution in [-0.2, 0) is 4.74 Å². The summed E-state index contributed by atoms with van der Waals surface area (Å²) in [6.45, 7) is 5.53. The van der Waals surface area contributed by atoms with E-state index in [2.05, 4.69) is 24.6 Å². The van der Waals surface area contributed by atoms with Crippen LogP contribution in [0.25, 0.3) is 0 Å². The van der Waals surface area contributed by atoms with Gasteiger partial charge in [0.1, 0.15) is 0 Å². The van der Waals surface area contributed by atoms with E-state index in [4.69, 9.17) is 4.74 Å². The Morgan fingerprint density at radius 2 is 2.23 bits per heavy atom. The molecule has 5 heteroatoms. The van der Waals surface area contributed by atoms with Crippen molar-refractivity contribution in [1.29, 1.82) is 0 Å². The minimum Gasteiger partial charge on any atom is -0.381 e. The summed E-state index contributed by atoms with van der Waals surface area (Å²) in [5.74, 6) is 1.24. The lowest BCUT2D eigenvalue weighted by Gasteiger charge is -2.20. The smallest absolute Gasteiger partial charge is 0.321 e. The summed E-state index contributed by atoms with van der Waals surface area (Å²) in [6, 6.07) is 6.09. The number of thioether (sulfide) groups is 1. The molecule has 2 fully saturated rings. The van der Waals surface area contributed by atoms with Crippen molar-refractivity contribution in [2.24, 2.45) is 11.8 Å². The summed E-state index contributed by atoms with van der Waals surface area (Å²) in [5.41, 5.74) is 2.06. The molecule has 1 N–H and O–H groups in total. The molecule has 2 atom stereocenters. The molecule has 0 bridgehead atoms. The lowest BCUT2D eigenvalue weighted by atomic mass is 9.91. The number of anilines is 1. The third-order valence-electron chi connectivity index (χ3n) is 4.89. The monoisotopic (exact) mass is 320 g/mol. The molecule has 0 aromatic heterocycles. The molecule has 22 heavy (non-hydrogen) atoms. The lowest BCUT2D eigenvalue weighted by Crippen LogP contribution is -2.34. The highest BCUT2D eigenvalue weighted by molar-refractivity contribution is 7.98. The minimum atomic E-state index is 0.0303. The first-order valence-corrected chi connectivity index (χ1v) is 9.18. The summed E-state index contributed by atoms with van der Waals surface area (Å²) in [6.07, 6.45) is 4.31. The van der Waals surface area contributed by atoms with Gasteiger partial charge in [-0.25, -0.2) is 4.79 Å². The van der Waals surface area contributed by atoms with Crippen LogP contribution in [-0.4, -0.2) is 43.5 Å². The number of carbonyl (C=O) groups is 1. The first-order valence-electron chi connectivity index (χ1n) is 7.96. The number of carbonyl (C=O) groups excluding carboxylic acids is 1. The van der Waals surface area contributed by atoms with Gasteiger partial charge in [0.25, 0.3) is 0 Å². The second kappa shape index (κ2) is 6.92. The van der Waals surface area contributed by atoms with Crippen LogP contribution < -0.4 is 5.32 Å². The van der Waals surface area contributed by atoms with E-state index >= 15 is 0 Å². The van der Waals surface area contributed by atoms with Crippen molar-refractivity contribution in [3.8, 4) is 0 Å². The molecular weight excluding hydrogens is 296 g/mol. The summed E-state index contributed by atoms with van der Waals surface area (Å²) in [7, 11) is 0. The highest BCUT2D eigenvalue weighted by Gasteiger charge is 2.33. The molecule has 120 valence electrons. The maximum atomic E-state index is 12.5. The number of rotatable bonds is 3. The quantitative estimate of drug-likeness (QED) is 0.865. The molecular formula is C17H24N2O2S. The van der Waals surface area contributed by atoms with Gasteiger partial charge in [0, 0.05) is 36.9 Å². The minimum absolute atomic E-state index is 0.0303. The molecule has 0 spiro atoms. The van der Waals surface area contributed by atoms with Crippen LogP contribution in [0.4, 0.5) is 10.5 Å². The van der Waals surface area contributed by atoms with E-state index in [-0.39, 0.29) is 6.03 Å². The Bertz CT molecular complexity index is 543. The number of hydrogen-bond donors (Lipinski definition) is 1. The second-order valence-corrected chi connectivity index (χ2v) is 7.03. The van der Waals surface area contributed by atoms with Gasteiger partial charge in [0.2, 0.25) is 0 Å². The molecule has 0 radical (unpaired) electrons. The number of urea groups is 1. The molecule has 2 heterocycles. The maximum Gasteiger partial charge on any atom is 0.321 e. The van der Waals surface area contributed by atoms with Gasteiger partial charge >= 0.3 is 6.03 Å². The molecule has 2 aliphatic rings. The summed E-state index contributed by atoms with van der Waals surface area (Å²) in [4.78, 5) is 15.7. The average Bonchev–Trinajstić information content (AvgIpc) is 3.20. The van der Waals surface area contributed by atoms with Crippen molar-refractivity contribution in [2.45, 2.75) is 24.7 Å². The van der Waals surface area contributed by atoms with Gasteiger partial charge in [0.05, 0.1) is 0 Å². The Hall–Kier alpha value is -1.20. The standard InChI is InChI=1S/C17H24N2O2S/c1-12-15(4-3-5-16(12)22-2)18-17(20)19-8-6-13(10-19)14-7-9-21-11-14/h3-5,13-14H,6-11H2,1-2H3,(H,18,20)/t13-,14+/m0/s1. The van der Waals surface area contributed by atoms with E-state index in [1.54, 1.807) is 11.8 Å². The molecule has 0 aliphatic carbocycles. The fraction of sp³-hybridized carbons (Fsp3) is 0.588. The SMILES string of the molecule is CSc1cccc(NC(=O)N2CC[C@H]([C@@H]3CCOC3)C2)c1C. The van der Waals surface area contributed by atoms with Crippen LogP contribution >= 0.6 is 11.8 Å². The van der Waals surface area contributed by atoms with Gasteiger partial charge in [-0.1, -0.05) is 6.07 Å². The number of likely N-dealkylation sites (tertiary alicyclic amines) is 1. The zero-order valence-corrected chi connectivity index (χ0v) is 14.1. The maximum absolute atomic E-state index is 12.5. The molecule has 0 saturated carbocycles. The molecule has 0 unspecified atom stereocenters. The lowest BCUT2D eigenvalue weighted by molar-refractivity contribution is 0.171. The van der Waals surface area contributed by atoms with E-state index < -0.39 is 0 Å². The molecule has 2 saturated heterocycles. The van der Waals surface area contributed by atoms with Crippen LogP contribution in [0.15, 0.2) is 23.1 Å². The number of ether oxygens (including phenoxy) is 1. The zero-order valence-electron chi connectivity index (χ0n) is 13.3. The third-order valence-corrected chi connectivity index (χ3v) is 5.77. The Morgan fingerprint density at radius 1 is 1.36 bits per heavy atom. The highest BCUT2D eigenvalue weighted by atomic mass is 32.2. The Kier molecular flexibility index (Phi) is 4.93. The number of benzene rings is 1. The average molecular weight is 320 g/mol. The summed E-state index contributed by atoms with van der Waals surface area (Å²) in [5, 5.41) is 3.08. The third kappa shape index (κ3) is 3.25. The van der Waals surface area contributed by atoms with Crippen molar-refractivity contribution >= 4 is 23.5 Å². The van der Waals surface area contributed by atoms with Crippen molar-refractivity contribution in [2.75, 3.05) is 37.9 Å². The Balaban J connectivity index is 1.61. The van der Waals surface area contributed by atoms with Crippen LogP contribution in [0.2, 0.25) is 0 Å². The molecule has 2 amide bonds. The van der Waals surface area contributed by atoms with Gasteiger partial charge in [-0.3, -0.25) is 0 Å². The topological polar surface area (TPSA) is 41.6 Å². The number of amides is 2. The molecule has 3 rings (SSSR count). The van der Waals surface area contributed by atoms with E-state index in [9.17, 15) is 4.79 Å². The van der Waals surface area contributed by atoms with E-state index in [0.29, 0.717) is 11.8 Å². The normalized spacial score (nSPS) is 24.7. The first kappa shape index (κ1) is 15.7. The Labute approximate surface area is 136 Å². The number of nitrogens with zero attached hydrogens (tertiary/aromatic N) is 1. The molecule has 1 aromatic rings. The fourth-order valence-electron chi connectivity index (χ4n) is 3.45. The molecule has 1 aromatic carbocycles. The fourth-order valence-corrected chi connectivity index (χ4v) is 4.08. The zero-order chi connectivity index (χ0) is 15.5. The first-order chi connectivity index (χ1) is 10.7. The van der Waals surface area contributed by atoms with E-state index in [1.165, 1.54) is 4.90 Å². The van der Waals surface area contributed by atoms with Crippen LogP contribution in [0.3, 0.4) is 0 Å². The summed E-state index contributed by atoms with van der Waals surface area (Å²) < 4.78 is 5.48. The molecule has 2 aliphatic heterocycles. The van der Waals surface area contributed by atoms with Crippen molar-refractivity contribution in [1.82, 2.24) is 4.90 Å². The van der Waals surface area contributed by atoms with Crippen molar-refractivity contribution in [3.05, 3.63) is 23.8 Å². The Morgan fingerprint density at radius 3 is 2.95 bits per heavy atom. The van der Waals surface area contributed by atoms with Gasteiger partial charge in [-0.15, -0.1) is 11.8 Å². The highest BCUT2D eigenvalue weighted by Crippen LogP contribution is 2.31. The summed E-state index contributed by atoms with van der Waals surface area (Å²) >= 11 is 1.71. The van der Waals surface area contributed by atoms with Crippen LogP contribution in [0.1, 0.15) is 18.4 Å². The van der Waals surface area contributed by atoms with E-state index in [0.717, 1.165) is 50.4 Å². The number of hydrogen-bond acceptors (Lipinski definition) is 3. The van der Waals surface area contributed by atoms with Crippen LogP contribution in [0, 0.1) is 18.8 Å². The van der Waals surface area contributed by atoms with E-state index in [1.807, 2.05) is 17.0 Å². The van der Waals surface area contributed by atoms with Gasteiger partial charge in [0.15, 0.2) is 0 Å². The predicted molar refractivity (Wildman–Crippen MR) is 90.6 cm³/mol. The molecule has 4 nitrogen and oxygen atoms in total. The second-order valence-electron chi connectivity index (χ2n) is 6.18. The number of nitrogens with one attached hydrogen (secondary N) is 1. The van der Waals surface area contributed by atoms with Gasteiger partial charge in [-0.05, 0) is 55.6 Å². The van der Waals surface area contributed by atoms with Crippen molar-refractivity contribution < 1.29 is 9.53 Å². The van der Waals surface area contributed by atoms with Crippen molar-refractivity contribution in [3.63, 3.8) is 0 Å². The van der Waals surface area contributed by atoms with Gasteiger partial charge in [-0.2, -0.15) is 0 Å². The van der Waals surface area contributed by atoms with Crippen LogP contribution in [0.5, 0.6) is 0 Å². The van der Waals surface area contributed by atoms with Gasteiger partial charge < -0.3 is 15.0 Å².